The third kappa shape index (κ3) is 5.03. The molecule has 0 aromatic heterocycles. The molecule has 34 heavy (non-hydrogen) atoms. The van der Waals surface area contributed by atoms with Crippen molar-refractivity contribution < 1.29 is 9.59 Å². The van der Waals surface area contributed by atoms with Crippen LogP contribution in [0.4, 0.5) is 16.2 Å². The molecule has 2 N–H and O–H groups in total. The van der Waals surface area contributed by atoms with E-state index in [0.29, 0.717) is 13.2 Å². The highest BCUT2D eigenvalue weighted by Crippen LogP contribution is 2.27. The van der Waals surface area contributed by atoms with Gasteiger partial charge in [-0.05, 0) is 50.1 Å². The molecule has 2 aromatic carbocycles. The van der Waals surface area contributed by atoms with Crippen molar-refractivity contribution in [3.05, 3.63) is 60.2 Å². The molecule has 0 radical (unpaired) electrons. The van der Waals surface area contributed by atoms with Gasteiger partial charge in [0.15, 0.2) is 0 Å². The molecule has 3 amide bonds. The summed E-state index contributed by atoms with van der Waals surface area (Å²) in [6.45, 7) is 10.5. The predicted molar refractivity (Wildman–Crippen MR) is 136 cm³/mol. The lowest BCUT2D eigenvalue weighted by atomic mass is 10.0. The number of likely N-dealkylation sites (N-methyl/N-ethyl adjacent to an activating group) is 1. The second-order valence-electron chi connectivity index (χ2n) is 8.90. The Balaban J connectivity index is 1.39. The van der Waals surface area contributed by atoms with E-state index in [2.05, 4.69) is 39.6 Å². The van der Waals surface area contributed by atoms with Gasteiger partial charge in [-0.1, -0.05) is 37.3 Å². The molecule has 182 valence electrons. The second-order valence-corrected chi connectivity index (χ2v) is 8.90. The van der Waals surface area contributed by atoms with Crippen LogP contribution in [0.1, 0.15) is 38.8 Å². The smallest absolute Gasteiger partial charge is 0.340 e. The summed E-state index contributed by atoms with van der Waals surface area (Å²) in [5.41, 5.74) is 6.25. The number of rotatable bonds is 8. The van der Waals surface area contributed by atoms with Crippen LogP contribution in [0.2, 0.25) is 0 Å². The summed E-state index contributed by atoms with van der Waals surface area (Å²) in [5.74, 6) is 0.0572. The zero-order valence-electron chi connectivity index (χ0n) is 20.4. The Kier molecular flexibility index (Phi) is 7.70. The fraction of sp³-hybridized carbons (Fsp3) is 0.462. The third-order valence-electron chi connectivity index (χ3n) is 6.79. The van der Waals surface area contributed by atoms with Gasteiger partial charge >= 0.3 is 6.03 Å². The molecule has 2 aliphatic rings. The zero-order valence-corrected chi connectivity index (χ0v) is 20.4. The molecular weight excluding hydrogens is 428 g/mol. The molecule has 4 rings (SSSR count). The number of hydrogen-bond acceptors (Lipinski definition) is 5. The van der Waals surface area contributed by atoms with Crippen molar-refractivity contribution in [1.29, 1.82) is 0 Å². The number of piperazine rings is 1. The highest BCUT2D eigenvalue weighted by atomic mass is 16.2. The van der Waals surface area contributed by atoms with Crippen molar-refractivity contribution in [2.45, 2.75) is 39.3 Å². The van der Waals surface area contributed by atoms with Gasteiger partial charge in [0.1, 0.15) is 6.04 Å². The summed E-state index contributed by atoms with van der Waals surface area (Å²) in [6.07, 6.45) is 0.905. The van der Waals surface area contributed by atoms with E-state index in [9.17, 15) is 9.59 Å². The molecule has 8 nitrogen and oxygen atoms in total. The fourth-order valence-electron chi connectivity index (χ4n) is 4.66. The number of carbonyl (C=O) groups is 2. The number of urea groups is 1. The molecular formula is C26H36N6O2. The molecule has 0 aliphatic carbocycles. The average Bonchev–Trinajstić information content (AvgIpc) is 3.26. The third-order valence-corrected chi connectivity index (χ3v) is 6.79. The number of benzene rings is 2. The maximum atomic E-state index is 12.9. The quantitative estimate of drug-likeness (QED) is 0.628. The van der Waals surface area contributed by atoms with Crippen molar-refractivity contribution in [3.8, 4) is 0 Å². The number of hydrazine groups is 1. The number of nitrogens with zero attached hydrogens (tertiary/aromatic N) is 4. The Morgan fingerprint density at radius 2 is 1.62 bits per heavy atom. The number of hydrogen-bond donors (Lipinski definition) is 2. The van der Waals surface area contributed by atoms with Crippen LogP contribution in [0.5, 0.6) is 0 Å². The Morgan fingerprint density at radius 1 is 0.971 bits per heavy atom. The minimum atomic E-state index is -0.271. The molecule has 2 fully saturated rings. The van der Waals surface area contributed by atoms with Crippen molar-refractivity contribution in [2.24, 2.45) is 0 Å². The van der Waals surface area contributed by atoms with Gasteiger partial charge in [0, 0.05) is 50.1 Å². The molecule has 0 saturated carbocycles. The molecule has 2 aromatic rings. The van der Waals surface area contributed by atoms with Gasteiger partial charge in [-0.15, -0.1) is 0 Å². The van der Waals surface area contributed by atoms with Gasteiger partial charge in [-0.25, -0.2) is 10.2 Å². The summed E-state index contributed by atoms with van der Waals surface area (Å²) >= 11 is 0. The summed E-state index contributed by atoms with van der Waals surface area (Å²) in [6, 6.07) is 18.1. The summed E-state index contributed by atoms with van der Waals surface area (Å²) in [5, 5.41) is 4.71. The minimum Gasteiger partial charge on any atom is -0.369 e. The predicted octanol–water partition coefficient (Wildman–Crippen LogP) is 3.19. The summed E-state index contributed by atoms with van der Waals surface area (Å²) < 4.78 is 0. The normalized spacial score (nSPS) is 18.8. The molecule has 2 atom stereocenters. The van der Waals surface area contributed by atoms with Crippen LogP contribution in [0.3, 0.4) is 0 Å². The van der Waals surface area contributed by atoms with Gasteiger partial charge in [0.05, 0.1) is 6.67 Å². The maximum absolute atomic E-state index is 12.9. The van der Waals surface area contributed by atoms with Crippen molar-refractivity contribution in [1.82, 2.24) is 20.7 Å². The number of carbonyl (C=O) groups excluding carboxylic acids is 2. The lowest BCUT2D eigenvalue weighted by Gasteiger charge is -2.39. The number of anilines is 2. The Hall–Kier alpha value is -3.10. The first kappa shape index (κ1) is 24.0. The van der Waals surface area contributed by atoms with E-state index in [0.717, 1.165) is 49.5 Å². The van der Waals surface area contributed by atoms with Crippen LogP contribution in [0.15, 0.2) is 54.6 Å². The fourth-order valence-corrected chi connectivity index (χ4v) is 4.66. The first-order chi connectivity index (χ1) is 16.5. The van der Waals surface area contributed by atoms with Gasteiger partial charge in [0.25, 0.3) is 0 Å². The van der Waals surface area contributed by atoms with Crippen LogP contribution in [-0.2, 0) is 4.79 Å². The lowest BCUT2D eigenvalue weighted by Crippen LogP contribution is -2.51. The molecule has 0 bridgehead atoms. The topological polar surface area (TPSA) is 71.2 Å². The first-order valence-corrected chi connectivity index (χ1v) is 12.3. The molecule has 8 heteroatoms. The zero-order chi connectivity index (χ0) is 24.1. The van der Waals surface area contributed by atoms with Gasteiger partial charge < -0.3 is 10.2 Å². The van der Waals surface area contributed by atoms with E-state index in [1.54, 1.807) is 9.91 Å². The Morgan fingerprint density at radius 3 is 2.24 bits per heavy atom. The largest absolute Gasteiger partial charge is 0.369 e. The van der Waals surface area contributed by atoms with Crippen LogP contribution in [0, 0.1) is 0 Å². The van der Waals surface area contributed by atoms with Crippen molar-refractivity contribution >= 4 is 23.3 Å². The molecule has 2 saturated heterocycles. The van der Waals surface area contributed by atoms with Crippen LogP contribution < -0.4 is 20.5 Å². The first-order valence-electron chi connectivity index (χ1n) is 12.3. The lowest BCUT2D eigenvalue weighted by molar-refractivity contribution is -0.126. The van der Waals surface area contributed by atoms with Gasteiger partial charge in [0.2, 0.25) is 5.91 Å². The van der Waals surface area contributed by atoms with E-state index >= 15 is 0 Å². The minimum absolute atomic E-state index is 0.00646. The Labute approximate surface area is 202 Å². The molecule has 2 aliphatic heterocycles. The average molecular weight is 465 g/mol. The van der Waals surface area contributed by atoms with E-state index in [4.69, 9.17) is 0 Å². The summed E-state index contributed by atoms with van der Waals surface area (Å²) in [4.78, 5) is 32.0. The highest BCUT2D eigenvalue weighted by Gasteiger charge is 2.33. The second kappa shape index (κ2) is 10.9. The molecule has 2 heterocycles. The highest BCUT2D eigenvalue weighted by molar-refractivity contribution is 5.93. The summed E-state index contributed by atoms with van der Waals surface area (Å²) in [7, 11) is 0. The standard InChI is InChI=1S/C26H36N6O2/c1-4-20(3)32-26(34)31(19-28-32)23-13-11-22(12-14-23)29-15-17-30(18-16-29)24(25(33)27-5-2)21-9-7-6-8-10-21/h6-14,20,24,28H,4-5,15-19H2,1-3H3,(H,27,33). The molecule has 2 unspecified atom stereocenters. The van der Waals surface area contributed by atoms with E-state index in [1.165, 1.54) is 0 Å². The van der Waals surface area contributed by atoms with Crippen molar-refractivity contribution in [3.63, 3.8) is 0 Å². The van der Waals surface area contributed by atoms with E-state index in [-0.39, 0.29) is 24.0 Å². The van der Waals surface area contributed by atoms with Crippen LogP contribution >= 0.6 is 0 Å². The van der Waals surface area contributed by atoms with Crippen LogP contribution in [0.25, 0.3) is 0 Å². The number of nitrogens with one attached hydrogen (secondary N) is 2. The van der Waals surface area contributed by atoms with Crippen LogP contribution in [-0.4, -0.2) is 67.3 Å². The van der Waals surface area contributed by atoms with Crippen molar-refractivity contribution in [2.75, 3.05) is 49.2 Å². The maximum Gasteiger partial charge on any atom is 0.340 e. The SMILES string of the molecule is CCNC(=O)C(c1ccccc1)N1CCN(c2ccc(N3CNN(C(C)CC)C3=O)cc2)CC1. The van der Waals surface area contributed by atoms with E-state index < -0.39 is 0 Å². The van der Waals surface area contributed by atoms with Gasteiger partial charge in [-0.2, -0.15) is 0 Å². The van der Waals surface area contributed by atoms with Gasteiger partial charge in [-0.3, -0.25) is 19.6 Å². The van der Waals surface area contributed by atoms with E-state index in [1.807, 2.05) is 56.3 Å². The number of amides is 3. The molecule has 0 spiro atoms. The monoisotopic (exact) mass is 464 g/mol. The Bertz CT molecular complexity index is 959.